The van der Waals surface area contributed by atoms with Crippen LogP contribution >= 0.6 is 0 Å². The zero-order valence-corrected chi connectivity index (χ0v) is 13.3. The lowest BCUT2D eigenvalue weighted by atomic mass is 9.99. The van der Waals surface area contributed by atoms with Crippen molar-refractivity contribution in [2.24, 2.45) is 5.92 Å². The topological polar surface area (TPSA) is 61.8 Å². The molecule has 2 amide bonds. The molecule has 0 bridgehead atoms. The largest absolute Gasteiger partial charge is 0.494 e. The van der Waals surface area contributed by atoms with E-state index < -0.39 is 0 Å². The smallest absolute Gasteiger partial charge is 0.317 e. The lowest BCUT2D eigenvalue weighted by Gasteiger charge is -2.31. The summed E-state index contributed by atoms with van der Waals surface area (Å²) >= 11 is 0. The number of likely N-dealkylation sites (tertiary alicyclic amines) is 1. The number of ether oxygens (including phenoxy) is 1. The van der Waals surface area contributed by atoms with Gasteiger partial charge in [0.25, 0.3) is 0 Å². The molecule has 5 nitrogen and oxygen atoms in total. The summed E-state index contributed by atoms with van der Waals surface area (Å²) in [7, 11) is 0. The first kappa shape index (κ1) is 16.6. The van der Waals surface area contributed by atoms with E-state index in [0.717, 1.165) is 31.6 Å². The first-order valence-corrected chi connectivity index (χ1v) is 8.02. The first-order valence-electron chi connectivity index (χ1n) is 8.02. The summed E-state index contributed by atoms with van der Waals surface area (Å²) in [4.78, 5) is 13.8. The fourth-order valence-electron chi connectivity index (χ4n) is 2.60. The molecule has 1 saturated heterocycles. The Morgan fingerprint density at radius 1 is 1.41 bits per heavy atom. The van der Waals surface area contributed by atoms with Crippen molar-refractivity contribution in [2.45, 2.75) is 26.2 Å². The number of amides is 2. The van der Waals surface area contributed by atoms with Gasteiger partial charge < -0.3 is 20.1 Å². The van der Waals surface area contributed by atoms with Crippen LogP contribution < -0.4 is 10.1 Å². The molecule has 22 heavy (non-hydrogen) atoms. The molecule has 1 atom stereocenters. The maximum Gasteiger partial charge on any atom is 0.317 e. The summed E-state index contributed by atoms with van der Waals surface area (Å²) in [6, 6.07) is 7.91. The number of aliphatic hydroxyl groups is 1. The van der Waals surface area contributed by atoms with Crippen LogP contribution in [0.15, 0.2) is 24.3 Å². The Hall–Kier alpha value is -1.75. The fourth-order valence-corrected chi connectivity index (χ4v) is 2.60. The summed E-state index contributed by atoms with van der Waals surface area (Å²) < 4.78 is 5.62. The van der Waals surface area contributed by atoms with Gasteiger partial charge in [0.2, 0.25) is 0 Å². The number of rotatable bonds is 6. The zero-order chi connectivity index (χ0) is 15.8. The van der Waals surface area contributed by atoms with Crippen molar-refractivity contribution < 1.29 is 14.6 Å². The number of hydrogen-bond donors (Lipinski definition) is 2. The van der Waals surface area contributed by atoms with Crippen LogP contribution in [0.4, 0.5) is 4.79 Å². The highest BCUT2D eigenvalue weighted by molar-refractivity contribution is 5.74. The zero-order valence-electron chi connectivity index (χ0n) is 13.3. The second-order valence-electron chi connectivity index (χ2n) is 5.88. The number of benzene rings is 1. The number of nitrogens with one attached hydrogen (secondary N) is 1. The van der Waals surface area contributed by atoms with Crippen LogP contribution in [0.1, 0.15) is 24.8 Å². The van der Waals surface area contributed by atoms with Gasteiger partial charge in [0.05, 0.1) is 6.61 Å². The third-order valence-corrected chi connectivity index (χ3v) is 3.95. The van der Waals surface area contributed by atoms with Crippen molar-refractivity contribution in [3.8, 4) is 5.75 Å². The van der Waals surface area contributed by atoms with Gasteiger partial charge in [-0.2, -0.15) is 0 Å². The van der Waals surface area contributed by atoms with Gasteiger partial charge in [-0.25, -0.2) is 4.79 Å². The van der Waals surface area contributed by atoms with Crippen molar-refractivity contribution in [2.75, 3.05) is 32.8 Å². The molecule has 1 aliphatic heterocycles. The summed E-state index contributed by atoms with van der Waals surface area (Å²) in [6.45, 7) is 4.83. The van der Waals surface area contributed by atoms with Gasteiger partial charge in [0.15, 0.2) is 0 Å². The Morgan fingerprint density at radius 3 is 2.91 bits per heavy atom. The average molecular weight is 306 g/mol. The van der Waals surface area contributed by atoms with Crippen molar-refractivity contribution in [1.82, 2.24) is 10.2 Å². The standard InChI is InChI=1S/C17H26N2O3/c1-14-5-7-16(8-6-14)22-11-3-9-18-17(21)19-10-2-4-15(12-19)13-20/h5-8,15,20H,2-4,9-13H2,1H3,(H,18,21). The number of carbonyl (C=O) groups excluding carboxylic acids is 1. The number of hydrogen-bond acceptors (Lipinski definition) is 3. The molecule has 122 valence electrons. The number of nitrogens with zero attached hydrogens (tertiary/aromatic N) is 1. The Morgan fingerprint density at radius 2 is 2.18 bits per heavy atom. The third-order valence-electron chi connectivity index (χ3n) is 3.95. The molecular formula is C17H26N2O3. The van der Waals surface area contributed by atoms with Crippen LogP contribution in [-0.2, 0) is 0 Å². The van der Waals surface area contributed by atoms with Crippen molar-refractivity contribution in [3.63, 3.8) is 0 Å². The third kappa shape index (κ3) is 5.22. The Kier molecular flexibility index (Phi) is 6.52. The number of urea groups is 1. The van der Waals surface area contributed by atoms with Gasteiger partial charge >= 0.3 is 6.03 Å². The molecule has 1 aromatic rings. The highest BCUT2D eigenvalue weighted by Gasteiger charge is 2.22. The minimum atomic E-state index is -0.0338. The van der Waals surface area contributed by atoms with Gasteiger partial charge in [-0.1, -0.05) is 17.7 Å². The van der Waals surface area contributed by atoms with Crippen LogP contribution in [0.2, 0.25) is 0 Å². The summed E-state index contributed by atoms with van der Waals surface area (Å²) in [5.74, 6) is 1.09. The number of aryl methyl sites for hydroxylation is 1. The molecular weight excluding hydrogens is 280 g/mol. The second kappa shape index (κ2) is 8.63. The first-order chi connectivity index (χ1) is 10.7. The lowest BCUT2D eigenvalue weighted by Crippen LogP contribution is -2.46. The minimum Gasteiger partial charge on any atom is -0.494 e. The number of piperidine rings is 1. The summed E-state index contributed by atoms with van der Waals surface area (Å²) in [6.07, 6.45) is 2.75. The molecule has 0 spiro atoms. The van der Waals surface area contributed by atoms with E-state index in [9.17, 15) is 9.90 Å². The minimum absolute atomic E-state index is 0.0338. The Balaban J connectivity index is 1.60. The SMILES string of the molecule is Cc1ccc(OCCCNC(=O)N2CCCC(CO)C2)cc1. The van der Waals surface area contributed by atoms with Crippen molar-refractivity contribution >= 4 is 6.03 Å². The van der Waals surface area contributed by atoms with Crippen molar-refractivity contribution in [1.29, 1.82) is 0 Å². The normalized spacial score (nSPS) is 18.1. The van der Waals surface area contributed by atoms with Gasteiger partial charge in [0, 0.05) is 26.2 Å². The van der Waals surface area contributed by atoms with E-state index in [1.165, 1.54) is 5.56 Å². The van der Waals surface area contributed by atoms with Crippen LogP contribution in [0, 0.1) is 12.8 Å². The van der Waals surface area contributed by atoms with E-state index in [0.29, 0.717) is 19.7 Å². The van der Waals surface area contributed by atoms with E-state index in [1.54, 1.807) is 4.90 Å². The molecule has 1 aliphatic rings. The lowest BCUT2D eigenvalue weighted by molar-refractivity contribution is 0.129. The molecule has 2 rings (SSSR count). The molecule has 0 aliphatic carbocycles. The Bertz CT molecular complexity index is 461. The van der Waals surface area contributed by atoms with Crippen LogP contribution in [0.5, 0.6) is 5.75 Å². The molecule has 2 N–H and O–H groups in total. The van der Waals surface area contributed by atoms with Crippen LogP contribution in [0.25, 0.3) is 0 Å². The molecule has 1 heterocycles. The quantitative estimate of drug-likeness (QED) is 0.792. The maximum absolute atomic E-state index is 12.0. The molecule has 5 heteroatoms. The van der Waals surface area contributed by atoms with E-state index in [2.05, 4.69) is 5.32 Å². The van der Waals surface area contributed by atoms with Gasteiger partial charge in [-0.05, 0) is 44.2 Å². The fraction of sp³-hybridized carbons (Fsp3) is 0.588. The molecule has 1 aromatic carbocycles. The number of carbonyl (C=O) groups is 1. The highest BCUT2D eigenvalue weighted by Crippen LogP contribution is 2.15. The predicted molar refractivity (Wildman–Crippen MR) is 86.1 cm³/mol. The van der Waals surface area contributed by atoms with Gasteiger partial charge in [0.1, 0.15) is 5.75 Å². The molecule has 1 unspecified atom stereocenters. The van der Waals surface area contributed by atoms with Crippen molar-refractivity contribution in [3.05, 3.63) is 29.8 Å². The maximum atomic E-state index is 12.0. The molecule has 1 fully saturated rings. The van der Waals surface area contributed by atoms with Crippen LogP contribution in [-0.4, -0.2) is 48.9 Å². The van der Waals surface area contributed by atoms with E-state index in [4.69, 9.17) is 4.74 Å². The molecule has 0 saturated carbocycles. The average Bonchev–Trinajstić information content (AvgIpc) is 2.56. The molecule has 0 radical (unpaired) electrons. The second-order valence-corrected chi connectivity index (χ2v) is 5.88. The van der Waals surface area contributed by atoms with E-state index in [-0.39, 0.29) is 18.6 Å². The Labute approximate surface area is 132 Å². The predicted octanol–water partition coefficient (Wildman–Crippen LogP) is 2.18. The van der Waals surface area contributed by atoms with E-state index >= 15 is 0 Å². The van der Waals surface area contributed by atoms with E-state index in [1.807, 2.05) is 31.2 Å². The monoisotopic (exact) mass is 306 g/mol. The number of aliphatic hydroxyl groups excluding tert-OH is 1. The van der Waals surface area contributed by atoms with Crippen LogP contribution in [0.3, 0.4) is 0 Å². The van der Waals surface area contributed by atoms with Gasteiger partial charge in [-0.15, -0.1) is 0 Å². The summed E-state index contributed by atoms with van der Waals surface area (Å²) in [5.41, 5.74) is 1.21. The summed E-state index contributed by atoms with van der Waals surface area (Å²) in [5, 5.41) is 12.1. The van der Waals surface area contributed by atoms with Gasteiger partial charge in [-0.3, -0.25) is 0 Å². The molecule has 0 aromatic heterocycles. The highest BCUT2D eigenvalue weighted by atomic mass is 16.5.